The van der Waals surface area contributed by atoms with Gasteiger partial charge in [-0.3, -0.25) is 0 Å². The molecule has 0 saturated carbocycles. The molecule has 0 unspecified atom stereocenters. The van der Waals surface area contributed by atoms with Crippen LogP contribution < -0.4 is 4.90 Å². The van der Waals surface area contributed by atoms with E-state index in [0.717, 1.165) is 28.3 Å². The fourth-order valence-corrected chi connectivity index (χ4v) is 10.6. The van der Waals surface area contributed by atoms with Crippen LogP contribution in [0.5, 0.6) is 0 Å². The van der Waals surface area contributed by atoms with Gasteiger partial charge in [0.2, 0.25) is 0 Å². The number of para-hydroxylation sites is 2. The van der Waals surface area contributed by atoms with Gasteiger partial charge in [0.1, 0.15) is 0 Å². The molecule has 0 aliphatic carbocycles. The van der Waals surface area contributed by atoms with Crippen LogP contribution in [0.25, 0.3) is 92.2 Å². The Morgan fingerprint density at radius 1 is 0.317 bits per heavy atom. The second-order valence-electron chi connectivity index (χ2n) is 16.1. The van der Waals surface area contributed by atoms with E-state index < -0.39 is 0 Å². The summed E-state index contributed by atoms with van der Waals surface area (Å²) >= 11 is 1.88. The normalized spacial score (nSPS) is 11.5. The summed E-state index contributed by atoms with van der Waals surface area (Å²) < 4.78 is 4.96. The van der Waals surface area contributed by atoms with Gasteiger partial charge in [-0.05, 0) is 100 Å². The lowest BCUT2D eigenvalue weighted by molar-refractivity contribution is 1.18. The first kappa shape index (κ1) is 36.8. The number of benzene rings is 10. The second kappa shape index (κ2) is 15.5. The SMILES string of the molecule is c1ccc(-c2ccc(N(c3cc(-c4ccc(-n5c6ccccc6c6ccccc65)cc4)c4sc5ccccc5c4c3)c3ccc(-c4ccccc4)cc3-c3ccccc3)cc2)cc1. The number of hydrogen-bond acceptors (Lipinski definition) is 2. The predicted molar refractivity (Wildman–Crippen MR) is 270 cm³/mol. The van der Waals surface area contributed by atoms with Crippen molar-refractivity contribution in [1.82, 2.24) is 4.57 Å². The number of thiophene rings is 1. The van der Waals surface area contributed by atoms with Crippen LogP contribution in [0.3, 0.4) is 0 Å². The zero-order valence-electron chi connectivity index (χ0n) is 34.4. The fraction of sp³-hybridized carbons (Fsp3) is 0. The fourth-order valence-electron chi connectivity index (χ4n) is 9.40. The molecule has 296 valence electrons. The Hall–Kier alpha value is -7.98. The van der Waals surface area contributed by atoms with E-state index in [2.05, 4.69) is 252 Å². The van der Waals surface area contributed by atoms with Gasteiger partial charge < -0.3 is 9.47 Å². The molecule has 0 bridgehead atoms. The largest absolute Gasteiger partial charge is 0.310 e. The van der Waals surface area contributed by atoms with E-state index in [0.29, 0.717) is 0 Å². The summed E-state index contributed by atoms with van der Waals surface area (Å²) in [6.07, 6.45) is 0. The molecule has 12 rings (SSSR count). The molecule has 0 fully saturated rings. The highest BCUT2D eigenvalue weighted by Gasteiger charge is 2.22. The molecule has 3 heteroatoms. The minimum absolute atomic E-state index is 1.09. The molecular formula is C60H40N2S. The van der Waals surface area contributed by atoms with Gasteiger partial charge >= 0.3 is 0 Å². The number of rotatable bonds is 8. The Morgan fingerprint density at radius 3 is 1.46 bits per heavy atom. The van der Waals surface area contributed by atoms with Crippen molar-refractivity contribution in [3.05, 3.63) is 243 Å². The van der Waals surface area contributed by atoms with Crippen LogP contribution in [0, 0.1) is 0 Å². The summed E-state index contributed by atoms with van der Waals surface area (Å²) in [5.41, 5.74) is 16.3. The third-order valence-corrected chi connectivity index (χ3v) is 13.6. The van der Waals surface area contributed by atoms with Crippen molar-refractivity contribution >= 4 is 70.4 Å². The minimum atomic E-state index is 1.09. The van der Waals surface area contributed by atoms with Crippen LogP contribution in [0.15, 0.2) is 243 Å². The maximum absolute atomic E-state index is 2.47. The Labute approximate surface area is 370 Å². The van der Waals surface area contributed by atoms with E-state index in [9.17, 15) is 0 Å². The average Bonchev–Trinajstić information content (AvgIpc) is 3.91. The first-order valence-corrected chi connectivity index (χ1v) is 22.3. The molecular weight excluding hydrogens is 781 g/mol. The number of hydrogen-bond donors (Lipinski definition) is 0. The predicted octanol–water partition coefficient (Wildman–Crippen LogP) is 17.3. The monoisotopic (exact) mass is 820 g/mol. The summed E-state index contributed by atoms with van der Waals surface area (Å²) in [7, 11) is 0. The first-order chi connectivity index (χ1) is 31.2. The van der Waals surface area contributed by atoms with Crippen molar-refractivity contribution in [2.75, 3.05) is 4.90 Å². The Morgan fingerprint density at radius 2 is 0.810 bits per heavy atom. The minimum Gasteiger partial charge on any atom is -0.310 e. The van der Waals surface area contributed by atoms with E-state index in [1.807, 2.05) is 11.3 Å². The van der Waals surface area contributed by atoms with Crippen molar-refractivity contribution in [2.24, 2.45) is 0 Å². The van der Waals surface area contributed by atoms with Crippen LogP contribution in [-0.2, 0) is 0 Å². The highest BCUT2D eigenvalue weighted by molar-refractivity contribution is 7.26. The molecule has 2 heterocycles. The molecule has 0 aliphatic rings. The van der Waals surface area contributed by atoms with Crippen LogP contribution in [0.4, 0.5) is 17.1 Å². The zero-order valence-corrected chi connectivity index (χ0v) is 35.2. The summed E-state index contributed by atoms with van der Waals surface area (Å²) in [5.74, 6) is 0. The summed E-state index contributed by atoms with van der Waals surface area (Å²) in [6.45, 7) is 0. The van der Waals surface area contributed by atoms with Gasteiger partial charge in [-0.15, -0.1) is 11.3 Å². The maximum atomic E-state index is 2.47. The van der Waals surface area contributed by atoms with Gasteiger partial charge in [0, 0.05) is 59.1 Å². The van der Waals surface area contributed by atoms with E-state index in [-0.39, 0.29) is 0 Å². The topological polar surface area (TPSA) is 8.17 Å². The summed E-state index contributed by atoms with van der Waals surface area (Å²) in [4.78, 5) is 2.47. The van der Waals surface area contributed by atoms with Gasteiger partial charge in [-0.25, -0.2) is 0 Å². The molecule has 2 nitrogen and oxygen atoms in total. The molecule has 0 spiro atoms. The molecule has 63 heavy (non-hydrogen) atoms. The Balaban J connectivity index is 1.08. The second-order valence-corrected chi connectivity index (χ2v) is 17.1. The Kier molecular flexibility index (Phi) is 9.06. The molecule has 0 saturated heterocycles. The van der Waals surface area contributed by atoms with Gasteiger partial charge in [-0.1, -0.05) is 176 Å². The highest BCUT2D eigenvalue weighted by atomic mass is 32.1. The van der Waals surface area contributed by atoms with Crippen LogP contribution in [0.2, 0.25) is 0 Å². The van der Waals surface area contributed by atoms with Crippen LogP contribution >= 0.6 is 11.3 Å². The summed E-state index contributed by atoms with van der Waals surface area (Å²) in [6, 6.07) is 88.5. The lowest BCUT2D eigenvalue weighted by Gasteiger charge is -2.29. The quantitative estimate of drug-likeness (QED) is 0.148. The maximum Gasteiger partial charge on any atom is 0.0541 e. The van der Waals surface area contributed by atoms with Crippen molar-refractivity contribution in [2.45, 2.75) is 0 Å². The van der Waals surface area contributed by atoms with Crippen molar-refractivity contribution < 1.29 is 0 Å². The third kappa shape index (κ3) is 6.50. The lowest BCUT2D eigenvalue weighted by atomic mass is 9.95. The zero-order chi connectivity index (χ0) is 41.7. The van der Waals surface area contributed by atoms with Gasteiger partial charge in [0.25, 0.3) is 0 Å². The molecule has 0 atom stereocenters. The smallest absolute Gasteiger partial charge is 0.0541 e. The van der Waals surface area contributed by atoms with Crippen molar-refractivity contribution in [3.8, 4) is 50.2 Å². The van der Waals surface area contributed by atoms with Crippen molar-refractivity contribution in [3.63, 3.8) is 0 Å². The molecule has 0 radical (unpaired) electrons. The first-order valence-electron chi connectivity index (χ1n) is 21.5. The average molecular weight is 821 g/mol. The molecule has 0 N–H and O–H groups in total. The van der Waals surface area contributed by atoms with E-state index in [1.165, 1.54) is 80.9 Å². The molecule has 0 aliphatic heterocycles. The number of aromatic nitrogens is 1. The van der Waals surface area contributed by atoms with Crippen LogP contribution in [-0.4, -0.2) is 4.57 Å². The molecule has 12 aromatic rings. The highest BCUT2D eigenvalue weighted by Crippen LogP contribution is 2.48. The van der Waals surface area contributed by atoms with E-state index in [1.54, 1.807) is 0 Å². The van der Waals surface area contributed by atoms with Gasteiger partial charge in [-0.2, -0.15) is 0 Å². The molecule has 2 aromatic heterocycles. The van der Waals surface area contributed by atoms with E-state index in [4.69, 9.17) is 0 Å². The molecule has 0 amide bonds. The van der Waals surface area contributed by atoms with Crippen LogP contribution in [0.1, 0.15) is 0 Å². The van der Waals surface area contributed by atoms with Crippen molar-refractivity contribution in [1.29, 1.82) is 0 Å². The molecule has 10 aromatic carbocycles. The van der Waals surface area contributed by atoms with Gasteiger partial charge in [0.05, 0.1) is 16.7 Å². The lowest BCUT2D eigenvalue weighted by Crippen LogP contribution is -2.11. The number of nitrogens with zero attached hydrogens (tertiary/aromatic N) is 2. The van der Waals surface area contributed by atoms with E-state index >= 15 is 0 Å². The Bertz CT molecular complexity index is 3530. The summed E-state index contributed by atoms with van der Waals surface area (Å²) in [5, 5.41) is 5.05. The third-order valence-electron chi connectivity index (χ3n) is 12.4. The number of anilines is 3. The van der Waals surface area contributed by atoms with Gasteiger partial charge in [0.15, 0.2) is 0 Å². The standard InChI is InChI=1S/C60H40N2S/c1-4-16-41(17-5-1)43-28-33-47(34-29-43)61(58-37-32-46(42-18-6-2-7-19-42)38-53(58)44-20-8-3-9-21-44)49-39-54(60-55(40-49)52-24-12-15-27-59(52)63-60)45-30-35-48(36-31-45)62-56-25-13-10-22-50(56)51-23-11-14-26-57(51)62/h1-40H. The number of fused-ring (bicyclic) bond motifs is 6.